The van der Waals surface area contributed by atoms with Crippen LogP contribution in [0.15, 0.2) is 18.5 Å². The van der Waals surface area contributed by atoms with Gasteiger partial charge in [-0.25, -0.2) is 0 Å². The summed E-state index contributed by atoms with van der Waals surface area (Å²) >= 11 is 0. The smallest absolute Gasteiger partial charge is 0.163 e. The van der Waals surface area contributed by atoms with Crippen LogP contribution in [-0.4, -0.2) is 4.98 Å². The second-order valence-electron chi connectivity index (χ2n) is 2.10. The van der Waals surface area contributed by atoms with E-state index in [1.165, 1.54) is 11.1 Å². The Morgan fingerprint density at radius 1 is 1.56 bits per heavy atom. The van der Waals surface area contributed by atoms with Gasteiger partial charge in [-0.05, 0) is 0 Å². The highest BCUT2D eigenvalue weighted by Gasteiger charge is 2.13. The van der Waals surface area contributed by atoms with Crippen LogP contribution < -0.4 is 0 Å². The van der Waals surface area contributed by atoms with Gasteiger partial charge < -0.3 is 0 Å². The summed E-state index contributed by atoms with van der Waals surface area (Å²) in [6, 6.07) is 2.01. The molecule has 1 nitrogen and oxygen atoms in total. The van der Waals surface area contributed by atoms with Crippen molar-refractivity contribution in [3.63, 3.8) is 0 Å². The van der Waals surface area contributed by atoms with Crippen LogP contribution in [0.5, 0.6) is 0 Å². The van der Waals surface area contributed by atoms with Crippen molar-refractivity contribution in [2.24, 2.45) is 0 Å². The molecule has 1 aromatic rings. The number of hydrogen-bond donors (Lipinski definition) is 0. The zero-order valence-electron chi connectivity index (χ0n) is 4.96. The molecule has 1 heteroatoms. The molecule has 42 valence electrons. The Bertz CT molecular complexity index is 250. The molecule has 0 unspecified atom stereocenters. The van der Waals surface area contributed by atoms with E-state index in [1.807, 2.05) is 24.5 Å². The predicted molar refractivity (Wildman–Crippen MR) is 35.6 cm³/mol. The summed E-state index contributed by atoms with van der Waals surface area (Å²) in [6.07, 6.45) is 9.77. The fourth-order valence-corrected chi connectivity index (χ4v) is 0.997. The van der Waals surface area contributed by atoms with E-state index >= 15 is 0 Å². The molecule has 2 rings (SSSR count). The predicted octanol–water partition coefficient (Wildman–Crippen LogP) is 1.45. The minimum absolute atomic E-state index is 0.934. The lowest BCUT2D eigenvalue weighted by Crippen LogP contribution is -1.80. The average Bonchev–Trinajstić information content (AvgIpc) is 2.33. The molecule has 0 bridgehead atoms. The largest absolute Gasteiger partial charge is 0.260 e. The monoisotopic (exact) mass is 116 g/mol. The van der Waals surface area contributed by atoms with Crippen LogP contribution >= 0.6 is 0 Å². The maximum absolute atomic E-state index is 4.00. The van der Waals surface area contributed by atoms with Gasteiger partial charge in [0.15, 0.2) is 6.08 Å². The van der Waals surface area contributed by atoms with Crippen LogP contribution in [0, 0.1) is 6.08 Å². The van der Waals surface area contributed by atoms with E-state index in [0.29, 0.717) is 0 Å². The van der Waals surface area contributed by atoms with Gasteiger partial charge in [-0.3, -0.25) is 4.98 Å². The summed E-state index contributed by atoms with van der Waals surface area (Å²) in [5.74, 6) is 0. The van der Waals surface area contributed by atoms with Gasteiger partial charge in [0.25, 0.3) is 0 Å². The van der Waals surface area contributed by atoms with Gasteiger partial charge in [0, 0.05) is 12.3 Å². The molecule has 0 N–H and O–H groups in total. The molecule has 9 heavy (non-hydrogen) atoms. The standard InChI is InChI=1S/C8H6N/c1-2-7-4-5-9-6-8(7)3-1/h2,4-6H,3H2/q+1. The molecule has 0 radical (unpaired) electrons. The van der Waals surface area contributed by atoms with Gasteiger partial charge in [0.1, 0.15) is 12.0 Å². The lowest BCUT2D eigenvalue weighted by molar-refractivity contribution is 1.20. The summed E-state index contributed by atoms with van der Waals surface area (Å²) in [6.45, 7) is 0. The third-order valence-corrected chi connectivity index (χ3v) is 1.49. The molecule has 1 heterocycles. The molecule has 0 fully saturated rings. The van der Waals surface area contributed by atoms with Crippen LogP contribution in [0.4, 0.5) is 0 Å². The summed E-state index contributed by atoms with van der Waals surface area (Å²) in [7, 11) is 0. The highest BCUT2D eigenvalue weighted by molar-refractivity contribution is 5.56. The van der Waals surface area contributed by atoms with E-state index in [-0.39, 0.29) is 0 Å². The fourth-order valence-electron chi connectivity index (χ4n) is 0.997. The molecule has 0 aromatic carbocycles. The van der Waals surface area contributed by atoms with E-state index in [0.717, 1.165) is 6.42 Å². The second kappa shape index (κ2) is 1.64. The molecule has 1 aliphatic carbocycles. The van der Waals surface area contributed by atoms with Crippen molar-refractivity contribution in [2.45, 2.75) is 6.42 Å². The highest BCUT2D eigenvalue weighted by Crippen LogP contribution is 2.15. The number of pyridine rings is 1. The third kappa shape index (κ3) is 0.628. The van der Waals surface area contributed by atoms with E-state index < -0.39 is 0 Å². The number of aromatic nitrogens is 1. The van der Waals surface area contributed by atoms with Crippen LogP contribution in [0.1, 0.15) is 11.1 Å². The maximum atomic E-state index is 4.00. The minimum atomic E-state index is 0.934. The van der Waals surface area contributed by atoms with E-state index in [1.54, 1.807) is 0 Å². The zero-order chi connectivity index (χ0) is 6.10. The van der Waals surface area contributed by atoms with Crippen molar-refractivity contribution < 1.29 is 0 Å². The summed E-state index contributed by atoms with van der Waals surface area (Å²) < 4.78 is 0. The van der Waals surface area contributed by atoms with E-state index in [4.69, 9.17) is 0 Å². The molecule has 0 saturated carbocycles. The SMILES string of the molecule is [C+]1=Cc2ccncc2C1. The van der Waals surface area contributed by atoms with Crippen LogP contribution in [0.25, 0.3) is 6.08 Å². The number of rotatable bonds is 0. The van der Waals surface area contributed by atoms with Crippen molar-refractivity contribution in [1.29, 1.82) is 0 Å². The first kappa shape index (κ1) is 4.66. The van der Waals surface area contributed by atoms with Gasteiger partial charge in [-0.1, -0.05) is 0 Å². The van der Waals surface area contributed by atoms with Gasteiger partial charge >= 0.3 is 0 Å². The number of hydrogen-bond acceptors (Lipinski definition) is 1. The third-order valence-electron chi connectivity index (χ3n) is 1.49. The minimum Gasteiger partial charge on any atom is -0.260 e. The first-order chi connectivity index (χ1) is 4.47. The zero-order valence-corrected chi connectivity index (χ0v) is 4.96. The van der Waals surface area contributed by atoms with Crippen molar-refractivity contribution in [1.82, 2.24) is 4.98 Å². The Morgan fingerprint density at radius 2 is 2.56 bits per heavy atom. The Labute approximate surface area is 54.1 Å². The van der Waals surface area contributed by atoms with Crippen LogP contribution in [0.2, 0.25) is 0 Å². The number of allylic oxidation sites excluding steroid dienone is 1. The number of fused-ring (bicyclic) bond motifs is 1. The molecule has 0 amide bonds. The van der Waals surface area contributed by atoms with Crippen molar-refractivity contribution >= 4 is 6.08 Å². The average molecular weight is 116 g/mol. The van der Waals surface area contributed by atoms with E-state index in [9.17, 15) is 0 Å². The fraction of sp³-hybridized carbons (Fsp3) is 0.125. The van der Waals surface area contributed by atoms with Crippen LogP contribution in [-0.2, 0) is 6.42 Å². The van der Waals surface area contributed by atoms with Crippen molar-refractivity contribution in [3.8, 4) is 0 Å². The molecule has 1 aromatic heterocycles. The highest BCUT2D eigenvalue weighted by atomic mass is 14.6. The molecular formula is C8H6N+. The molecule has 0 saturated heterocycles. The summed E-state index contributed by atoms with van der Waals surface area (Å²) in [5.41, 5.74) is 2.56. The van der Waals surface area contributed by atoms with Gasteiger partial charge in [-0.15, -0.1) is 0 Å². The van der Waals surface area contributed by atoms with Crippen LogP contribution in [0.3, 0.4) is 0 Å². The first-order valence-electron chi connectivity index (χ1n) is 2.96. The summed E-state index contributed by atoms with van der Waals surface area (Å²) in [5, 5.41) is 0. The molecule has 0 spiro atoms. The maximum Gasteiger partial charge on any atom is 0.163 e. The summed E-state index contributed by atoms with van der Waals surface area (Å²) in [4.78, 5) is 4.00. The molecule has 0 aliphatic heterocycles. The van der Waals surface area contributed by atoms with Crippen molar-refractivity contribution in [3.05, 3.63) is 35.7 Å². The molecular weight excluding hydrogens is 110 g/mol. The Hall–Kier alpha value is -1.20. The van der Waals surface area contributed by atoms with Crippen molar-refractivity contribution in [2.75, 3.05) is 0 Å². The second-order valence-corrected chi connectivity index (χ2v) is 2.10. The quantitative estimate of drug-likeness (QED) is 0.467. The van der Waals surface area contributed by atoms with Gasteiger partial charge in [0.05, 0.1) is 17.8 Å². The Kier molecular flexibility index (Phi) is 0.850. The van der Waals surface area contributed by atoms with Gasteiger partial charge in [-0.2, -0.15) is 0 Å². The lowest BCUT2D eigenvalue weighted by Gasteiger charge is -1.82. The molecule has 1 aliphatic rings. The Morgan fingerprint density at radius 3 is 3.44 bits per heavy atom. The Balaban J connectivity index is 2.63. The van der Waals surface area contributed by atoms with E-state index in [2.05, 4.69) is 11.1 Å². The van der Waals surface area contributed by atoms with Gasteiger partial charge in [0.2, 0.25) is 0 Å². The lowest BCUT2D eigenvalue weighted by atomic mass is 10.2. The molecule has 0 atom stereocenters. The topological polar surface area (TPSA) is 12.9 Å². The first-order valence-corrected chi connectivity index (χ1v) is 2.96. The number of nitrogens with zero attached hydrogens (tertiary/aromatic N) is 1. The normalized spacial score (nSPS) is 12.9.